The first kappa shape index (κ1) is 22.4. The van der Waals surface area contributed by atoms with Crippen molar-refractivity contribution in [1.82, 2.24) is 20.4 Å². The van der Waals surface area contributed by atoms with Gasteiger partial charge in [0, 0.05) is 55.8 Å². The molecule has 0 spiro atoms. The zero-order chi connectivity index (χ0) is 20.1. The van der Waals surface area contributed by atoms with Crippen LogP contribution in [0.5, 0.6) is 0 Å². The lowest BCUT2D eigenvalue weighted by Gasteiger charge is -2.20. The van der Waals surface area contributed by atoms with Crippen molar-refractivity contribution in [1.29, 1.82) is 0 Å². The van der Waals surface area contributed by atoms with Crippen LogP contribution in [0.4, 0.5) is 5.69 Å². The van der Waals surface area contributed by atoms with Crippen LogP contribution in [-0.2, 0) is 6.54 Å². The number of nitrogens with one attached hydrogen (secondary N) is 2. The molecule has 3 aromatic rings. The second-order valence-corrected chi connectivity index (χ2v) is 7.54. The van der Waals surface area contributed by atoms with Gasteiger partial charge in [0.05, 0.1) is 5.69 Å². The molecule has 0 bridgehead atoms. The van der Waals surface area contributed by atoms with Crippen LogP contribution in [-0.4, -0.2) is 41.9 Å². The molecule has 1 aliphatic heterocycles. The van der Waals surface area contributed by atoms with Crippen LogP contribution < -0.4 is 15.5 Å². The largest absolute Gasteiger partial charge is 0.369 e. The van der Waals surface area contributed by atoms with Gasteiger partial charge in [-0.3, -0.25) is 4.99 Å². The van der Waals surface area contributed by atoms with Gasteiger partial charge in [-0.05, 0) is 48.4 Å². The third-order valence-electron chi connectivity index (χ3n) is 5.07. The van der Waals surface area contributed by atoms with Crippen LogP contribution in [0, 0.1) is 0 Å². The van der Waals surface area contributed by atoms with Gasteiger partial charge >= 0.3 is 0 Å². The van der Waals surface area contributed by atoms with E-state index in [4.69, 9.17) is 11.6 Å². The predicted molar refractivity (Wildman–Crippen MR) is 134 cm³/mol. The summed E-state index contributed by atoms with van der Waals surface area (Å²) in [5, 5.41) is 12.0. The molecule has 1 atom stereocenters. The molecule has 30 heavy (non-hydrogen) atoms. The molecule has 6 nitrogen and oxygen atoms in total. The van der Waals surface area contributed by atoms with Gasteiger partial charge in [-0.1, -0.05) is 29.8 Å². The van der Waals surface area contributed by atoms with Crippen molar-refractivity contribution in [3.63, 3.8) is 0 Å². The van der Waals surface area contributed by atoms with Crippen molar-refractivity contribution in [2.45, 2.75) is 19.0 Å². The Labute approximate surface area is 199 Å². The number of aromatic nitrogens is 2. The van der Waals surface area contributed by atoms with Gasteiger partial charge in [-0.2, -0.15) is 5.10 Å². The topological polar surface area (TPSA) is 57.5 Å². The monoisotopic (exact) mass is 536 g/mol. The van der Waals surface area contributed by atoms with Crippen molar-refractivity contribution >= 4 is 47.2 Å². The van der Waals surface area contributed by atoms with Crippen LogP contribution in [0.2, 0.25) is 5.02 Å². The summed E-state index contributed by atoms with van der Waals surface area (Å²) in [5.41, 5.74) is 3.39. The fraction of sp³-hybridized carbons (Fsp3) is 0.273. The average Bonchev–Trinajstić information content (AvgIpc) is 3.44. The van der Waals surface area contributed by atoms with Gasteiger partial charge in [-0.15, -0.1) is 24.0 Å². The number of nitrogens with zero attached hydrogens (tertiary/aromatic N) is 4. The molecule has 8 heteroatoms. The van der Waals surface area contributed by atoms with Crippen LogP contribution in [0.15, 0.2) is 72.0 Å². The van der Waals surface area contributed by atoms with Gasteiger partial charge in [0.1, 0.15) is 0 Å². The van der Waals surface area contributed by atoms with Crippen molar-refractivity contribution in [3.05, 3.63) is 77.6 Å². The lowest BCUT2D eigenvalue weighted by Crippen LogP contribution is -2.44. The van der Waals surface area contributed by atoms with E-state index in [0.717, 1.165) is 36.2 Å². The predicted octanol–water partition coefficient (Wildman–Crippen LogP) is 4.09. The molecule has 2 N–H and O–H groups in total. The van der Waals surface area contributed by atoms with E-state index >= 15 is 0 Å². The number of rotatable bonds is 5. The second kappa shape index (κ2) is 10.7. The smallest absolute Gasteiger partial charge is 0.191 e. The van der Waals surface area contributed by atoms with E-state index in [2.05, 4.69) is 43.8 Å². The Morgan fingerprint density at radius 1 is 1.17 bits per heavy atom. The number of halogens is 2. The van der Waals surface area contributed by atoms with E-state index in [-0.39, 0.29) is 24.0 Å². The number of guanidine groups is 1. The summed E-state index contributed by atoms with van der Waals surface area (Å²) in [6.07, 6.45) is 4.78. The number of anilines is 1. The van der Waals surface area contributed by atoms with Crippen molar-refractivity contribution in [2.24, 2.45) is 4.99 Å². The fourth-order valence-corrected chi connectivity index (χ4v) is 3.77. The van der Waals surface area contributed by atoms with Gasteiger partial charge in [0.25, 0.3) is 0 Å². The molecule has 2 aromatic carbocycles. The van der Waals surface area contributed by atoms with E-state index < -0.39 is 0 Å². The average molecular weight is 537 g/mol. The molecule has 1 aromatic heterocycles. The summed E-state index contributed by atoms with van der Waals surface area (Å²) < 4.78 is 1.86. The van der Waals surface area contributed by atoms with E-state index in [0.29, 0.717) is 12.6 Å². The van der Waals surface area contributed by atoms with Crippen LogP contribution in [0.3, 0.4) is 0 Å². The molecule has 0 amide bonds. The fourth-order valence-electron chi connectivity index (χ4n) is 3.59. The molecule has 2 heterocycles. The van der Waals surface area contributed by atoms with Gasteiger partial charge in [0.15, 0.2) is 5.96 Å². The molecular weight excluding hydrogens is 511 g/mol. The first-order valence-corrected chi connectivity index (χ1v) is 10.2. The highest BCUT2D eigenvalue weighted by Gasteiger charge is 2.23. The van der Waals surface area contributed by atoms with Crippen molar-refractivity contribution in [3.8, 4) is 5.69 Å². The summed E-state index contributed by atoms with van der Waals surface area (Å²) in [7, 11) is 1.80. The molecular formula is C22H26ClIN6. The Hall–Kier alpha value is -2.26. The van der Waals surface area contributed by atoms with Gasteiger partial charge in [0.2, 0.25) is 0 Å². The Bertz CT molecular complexity index is 975. The molecule has 0 radical (unpaired) electrons. The highest BCUT2D eigenvalue weighted by molar-refractivity contribution is 14.0. The molecule has 1 saturated heterocycles. The summed E-state index contributed by atoms with van der Waals surface area (Å²) >= 11 is 6.13. The first-order chi connectivity index (χ1) is 14.2. The van der Waals surface area contributed by atoms with Gasteiger partial charge in [-0.25, -0.2) is 4.68 Å². The molecule has 1 unspecified atom stereocenters. The normalized spacial score (nSPS) is 16.3. The lowest BCUT2D eigenvalue weighted by molar-refractivity contribution is 0.648. The zero-order valence-electron chi connectivity index (χ0n) is 16.8. The second-order valence-electron chi connectivity index (χ2n) is 7.10. The van der Waals surface area contributed by atoms with Crippen molar-refractivity contribution in [2.75, 3.05) is 25.0 Å². The summed E-state index contributed by atoms with van der Waals surface area (Å²) in [4.78, 5) is 6.74. The summed E-state index contributed by atoms with van der Waals surface area (Å²) in [6.45, 7) is 2.62. The Kier molecular flexibility index (Phi) is 7.98. The summed E-state index contributed by atoms with van der Waals surface area (Å²) in [5.74, 6) is 0.812. The third kappa shape index (κ3) is 5.66. The molecule has 158 valence electrons. The SMILES string of the molecule is CN=C(NCc1cccc(-n2cccn2)c1)NC1CCN(c2cccc(Cl)c2)C1.I. The lowest BCUT2D eigenvalue weighted by atomic mass is 10.2. The number of hydrogen-bond donors (Lipinski definition) is 2. The minimum atomic E-state index is 0. The number of hydrogen-bond acceptors (Lipinski definition) is 3. The van der Waals surface area contributed by atoms with Crippen LogP contribution >= 0.6 is 35.6 Å². The van der Waals surface area contributed by atoms with E-state index in [9.17, 15) is 0 Å². The highest BCUT2D eigenvalue weighted by atomic mass is 127. The quantitative estimate of drug-likeness (QED) is 0.293. The third-order valence-corrected chi connectivity index (χ3v) is 5.30. The van der Waals surface area contributed by atoms with E-state index in [1.54, 1.807) is 13.2 Å². The maximum absolute atomic E-state index is 6.13. The number of aliphatic imine (C=N–C) groups is 1. The van der Waals surface area contributed by atoms with E-state index in [1.165, 1.54) is 11.3 Å². The first-order valence-electron chi connectivity index (χ1n) is 9.78. The molecule has 1 aliphatic rings. The van der Waals surface area contributed by atoms with Crippen LogP contribution in [0.1, 0.15) is 12.0 Å². The molecule has 0 saturated carbocycles. The zero-order valence-corrected chi connectivity index (χ0v) is 19.9. The van der Waals surface area contributed by atoms with Crippen LogP contribution in [0.25, 0.3) is 5.69 Å². The molecule has 0 aliphatic carbocycles. The standard InChI is InChI=1S/C22H25ClN6.HI/c1-24-22(25-15-17-5-2-8-21(13-17)29-11-4-10-26-29)27-19-9-12-28(16-19)20-7-3-6-18(23)14-20;/h2-8,10-11,13-14,19H,9,12,15-16H2,1H3,(H2,24,25,27);1H. The number of benzene rings is 2. The molecule has 4 rings (SSSR count). The Balaban J connectivity index is 0.00000256. The minimum absolute atomic E-state index is 0. The molecule has 1 fully saturated rings. The maximum atomic E-state index is 6.13. The Morgan fingerprint density at radius 3 is 2.77 bits per heavy atom. The minimum Gasteiger partial charge on any atom is -0.369 e. The summed E-state index contributed by atoms with van der Waals surface area (Å²) in [6, 6.07) is 18.6. The van der Waals surface area contributed by atoms with E-state index in [1.807, 2.05) is 47.3 Å². The Morgan fingerprint density at radius 2 is 2.00 bits per heavy atom. The maximum Gasteiger partial charge on any atom is 0.191 e. The highest BCUT2D eigenvalue weighted by Crippen LogP contribution is 2.23. The van der Waals surface area contributed by atoms with Crippen molar-refractivity contribution < 1.29 is 0 Å². The van der Waals surface area contributed by atoms with Gasteiger partial charge < -0.3 is 15.5 Å².